The number of ether oxygens (including phenoxy) is 1. The van der Waals surface area contributed by atoms with Crippen LogP contribution < -0.4 is 15.3 Å². The van der Waals surface area contributed by atoms with Crippen LogP contribution in [0.15, 0.2) is 132 Å². The molecule has 0 unspecified atom stereocenters. The number of benzene rings is 2. The molecule has 1 aliphatic rings. The molecule has 44 heavy (non-hydrogen) atoms. The molecule has 6 aromatic rings. The Morgan fingerprint density at radius 1 is 0.477 bits per heavy atom. The Labute approximate surface area is 267 Å². The third-order valence-corrected chi connectivity index (χ3v) is 13.3. The van der Waals surface area contributed by atoms with Gasteiger partial charge in [0.2, 0.25) is 0 Å². The highest BCUT2D eigenvalue weighted by atomic mass is 32.2. The van der Waals surface area contributed by atoms with Crippen LogP contribution >= 0.6 is 28.2 Å². The van der Waals surface area contributed by atoms with Gasteiger partial charge < -0.3 is 22.1 Å². The van der Waals surface area contributed by atoms with E-state index < -0.39 is 16.4 Å². The van der Waals surface area contributed by atoms with Gasteiger partial charge in [0.25, 0.3) is 0 Å². The van der Waals surface area contributed by atoms with Gasteiger partial charge in [0.1, 0.15) is 16.4 Å². The molecule has 5 heterocycles. The Bertz CT molecular complexity index is 1670. The first-order chi connectivity index (χ1) is 21.1. The molecule has 4 aromatic heterocycles. The topological polar surface area (TPSA) is 28.9 Å². The van der Waals surface area contributed by atoms with E-state index in [0.717, 1.165) is 11.5 Å². The smallest absolute Gasteiger partial charge is 0.152 e. The molecule has 8 heteroatoms. The van der Waals surface area contributed by atoms with Gasteiger partial charge in [-0.1, -0.05) is 53.3 Å². The van der Waals surface area contributed by atoms with E-state index in [1.165, 1.54) is 31.5 Å². The van der Waals surface area contributed by atoms with Crippen molar-refractivity contribution in [3.8, 4) is 11.5 Å². The Balaban J connectivity index is 1.48. The summed E-state index contributed by atoms with van der Waals surface area (Å²) in [4.78, 5) is 2.35. The summed E-state index contributed by atoms with van der Waals surface area (Å²) in [6.45, 7) is 13.8. The molecular weight excluding hydrogens is 598 g/mol. The standard InChI is InChI=1S/C36H38N4OP2S/c1-35(2,3)27-23-29(42(37-15-7-8-16-37)38-17-9-10-18-38)33-31(25-27)44-32-26-28(36(4,5)6)24-30(34(32)41-33)43(39-19-11-12-20-39)40-21-13-14-22-40/h7-26H,1-6H3. The molecule has 1 aliphatic heterocycles. The maximum Gasteiger partial charge on any atom is 0.152 e. The van der Waals surface area contributed by atoms with E-state index in [-0.39, 0.29) is 10.8 Å². The summed E-state index contributed by atoms with van der Waals surface area (Å²) in [6.07, 6.45) is 17.4. The molecule has 0 N–H and O–H groups in total. The van der Waals surface area contributed by atoms with Crippen LogP contribution in [0.5, 0.6) is 11.5 Å². The molecule has 0 spiro atoms. The summed E-state index contributed by atoms with van der Waals surface area (Å²) >= 11 is 1.85. The van der Waals surface area contributed by atoms with E-state index in [1.54, 1.807) is 0 Å². The van der Waals surface area contributed by atoms with Crippen LogP contribution in [-0.4, -0.2) is 17.4 Å². The van der Waals surface area contributed by atoms with Crippen molar-refractivity contribution in [3.63, 3.8) is 0 Å². The molecule has 2 aromatic carbocycles. The molecule has 0 bridgehead atoms. The zero-order valence-corrected chi connectivity index (χ0v) is 28.7. The van der Waals surface area contributed by atoms with Gasteiger partial charge in [0.05, 0.1) is 20.4 Å². The summed E-state index contributed by atoms with van der Waals surface area (Å²) in [7, 11) is -1.94. The minimum Gasteiger partial charge on any atom is -0.453 e. The summed E-state index contributed by atoms with van der Waals surface area (Å²) in [5.74, 6) is 1.92. The first-order valence-electron chi connectivity index (χ1n) is 14.9. The summed E-state index contributed by atoms with van der Waals surface area (Å²) in [5.41, 5.74) is 2.59. The fourth-order valence-electron chi connectivity index (χ4n) is 5.46. The first-order valence-corrected chi connectivity index (χ1v) is 18.2. The van der Waals surface area contributed by atoms with E-state index in [1.807, 2.05) is 11.8 Å². The number of hydrogen-bond donors (Lipinski definition) is 0. The van der Waals surface area contributed by atoms with Gasteiger partial charge in [-0.2, -0.15) is 0 Å². The van der Waals surface area contributed by atoms with Crippen molar-refractivity contribution in [2.45, 2.75) is 62.2 Å². The molecule has 0 saturated carbocycles. The number of fused-ring (bicyclic) bond motifs is 2. The average molecular weight is 637 g/mol. The van der Waals surface area contributed by atoms with Crippen LogP contribution in [0.25, 0.3) is 0 Å². The van der Waals surface area contributed by atoms with Crippen molar-refractivity contribution in [1.82, 2.24) is 17.4 Å². The predicted molar refractivity (Wildman–Crippen MR) is 187 cm³/mol. The minimum atomic E-state index is -0.971. The summed E-state index contributed by atoms with van der Waals surface area (Å²) < 4.78 is 16.6. The van der Waals surface area contributed by atoms with Crippen molar-refractivity contribution in [2.24, 2.45) is 0 Å². The monoisotopic (exact) mass is 636 g/mol. The Hall–Kier alpha value is -3.43. The lowest BCUT2D eigenvalue weighted by Crippen LogP contribution is -2.24. The number of aromatic nitrogens is 4. The number of hydrogen-bond acceptors (Lipinski definition) is 2. The van der Waals surface area contributed by atoms with Gasteiger partial charge in [0.15, 0.2) is 11.5 Å². The van der Waals surface area contributed by atoms with Crippen LogP contribution in [-0.2, 0) is 10.8 Å². The van der Waals surface area contributed by atoms with E-state index >= 15 is 0 Å². The van der Waals surface area contributed by atoms with Crippen molar-refractivity contribution < 1.29 is 4.74 Å². The fourth-order valence-corrected chi connectivity index (χ4v) is 11.0. The molecule has 7 rings (SSSR count). The summed E-state index contributed by atoms with van der Waals surface area (Å²) in [5, 5.41) is 2.43. The highest BCUT2D eigenvalue weighted by molar-refractivity contribution is 7.99. The molecule has 0 fully saturated rings. The minimum absolute atomic E-state index is 0.0193. The highest BCUT2D eigenvalue weighted by Crippen LogP contribution is 2.55. The molecule has 0 aliphatic carbocycles. The van der Waals surface area contributed by atoms with Crippen LogP contribution in [0.2, 0.25) is 0 Å². The van der Waals surface area contributed by atoms with Crippen LogP contribution in [0, 0.1) is 0 Å². The normalized spacial score (nSPS) is 13.3. The SMILES string of the molecule is CC(C)(C)c1cc2c(c(P(n3cccc3)n3cccc3)c1)Oc1c(cc(C(C)(C)C)cc1P(n1cccc1)n1cccc1)S2. The third-order valence-electron chi connectivity index (χ3n) is 7.89. The molecule has 0 radical (unpaired) electrons. The maximum absolute atomic E-state index is 7.29. The third kappa shape index (κ3) is 5.38. The van der Waals surface area contributed by atoms with Gasteiger partial charge in [0, 0.05) is 49.6 Å². The Morgan fingerprint density at radius 2 is 0.773 bits per heavy atom. The van der Waals surface area contributed by atoms with Crippen molar-refractivity contribution in [1.29, 1.82) is 0 Å². The van der Waals surface area contributed by atoms with E-state index in [4.69, 9.17) is 4.74 Å². The number of rotatable bonds is 6. The van der Waals surface area contributed by atoms with Crippen LogP contribution in [0.1, 0.15) is 52.7 Å². The molecule has 0 saturated heterocycles. The first kappa shape index (κ1) is 29.3. The highest BCUT2D eigenvalue weighted by Gasteiger charge is 2.34. The van der Waals surface area contributed by atoms with Crippen LogP contribution in [0.4, 0.5) is 0 Å². The lowest BCUT2D eigenvalue weighted by Gasteiger charge is -2.33. The van der Waals surface area contributed by atoms with E-state index in [2.05, 4.69) is 181 Å². The van der Waals surface area contributed by atoms with Gasteiger partial charge >= 0.3 is 0 Å². The van der Waals surface area contributed by atoms with Crippen molar-refractivity contribution in [2.75, 3.05) is 0 Å². The second-order valence-corrected chi connectivity index (χ2v) is 18.2. The van der Waals surface area contributed by atoms with Gasteiger partial charge in [-0.3, -0.25) is 0 Å². The van der Waals surface area contributed by atoms with Crippen molar-refractivity contribution in [3.05, 3.63) is 133 Å². The molecule has 0 atom stereocenters. The van der Waals surface area contributed by atoms with E-state index in [0.29, 0.717) is 0 Å². The second kappa shape index (κ2) is 11.2. The predicted octanol–water partition coefficient (Wildman–Crippen LogP) is 9.81. The Morgan fingerprint density at radius 3 is 1.05 bits per heavy atom. The number of nitrogens with zero attached hydrogens (tertiary/aromatic N) is 4. The Kier molecular flexibility index (Phi) is 7.44. The van der Waals surface area contributed by atoms with Gasteiger partial charge in [-0.25, -0.2) is 0 Å². The molecular formula is C36H38N4OP2S. The average Bonchev–Trinajstić information content (AvgIpc) is 3.80. The van der Waals surface area contributed by atoms with Crippen molar-refractivity contribution >= 4 is 38.8 Å². The zero-order chi connectivity index (χ0) is 30.6. The fraction of sp³-hybridized carbons (Fsp3) is 0.222. The summed E-state index contributed by atoms with van der Waals surface area (Å²) in [6, 6.07) is 26.4. The molecule has 5 nitrogen and oxygen atoms in total. The quantitative estimate of drug-likeness (QED) is 0.170. The lowest BCUT2D eigenvalue weighted by atomic mass is 9.87. The van der Waals surface area contributed by atoms with E-state index in [9.17, 15) is 0 Å². The molecule has 224 valence electrons. The largest absolute Gasteiger partial charge is 0.453 e. The molecule has 0 amide bonds. The second-order valence-electron chi connectivity index (χ2n) is 13.2. The van der Waals surface area contributed by atoms with Gasteiger partial charge in [-0.05, 0) is 94.8 Å². The lowest BCUT2D eigenvalue weighted by molar-refractivity contribution is 0.459. The zero-order valence-electron chi connectivity index (χ0n) is 26.0. The van der Waals surface area contributed by atoms with Crippen LogP contribution in [0.3, 0.4) is 0 Å². The van der Waals surface area contributed by atoms with Gasteiger partial charge in [-0.15, -0.1) is 0 Å². The maximum atomic E-state index is 7.29.